The van der Waals surface area contributed by atoms with E-state index >= 15 is 0 Å². The molecule has 1 saturated heterocycles. The van der Waals surface area contributed by atoms with Crippen molar-refractivity contribution in [3.63, 3.8) is 0 Å². The molecule has 1 aliphatic heterocycles. The van der Waals surface area contributed by atoms with Gasteiger partial charge in [-0.25, -0.2) is 0 Å². The van der Waals surface area contributed by atoms with E-state index in [0.29, 0.717) is 19.5 Å². The van der Waals surface area contributed by atoms with E-state index in [4.69, 9.17) is 15.2 Å². The van der Waals surface area contributed by atoms with Crippen LogP contribution in [0, 0.1) is 5.92 Å². The molecule has 0 bridgehead atoms. The molecule has 1 atom stereocenters. The standard InChI is InChI=1S/C14H20N2O3/c1-18-12-3-10(4-13(6-12)19-2)8-16-9-11(7-15)5-14(16)17/h3-4,6,11H,5,7-9,15H2,1-2H3. The van der Waals surface area contributed by atoms with Crippen molar-refractivity contribution in [3.8, 4) is 11.5 Å². The Bertz CT molecular complexity index is 440. The van der Waals surface area contributed by atoms with Gasteiger partial charge in [0.2, 0.25) is 5.91 Å². The fourth-order valence-electron chi connectivity index (χ4n) is 2.34. The first-order chi connectivity index (χ1) is 9.16. The van der Waals surface area contributed by atoms with E-state index in [1.807, 2.05) is 23.1 Å². The molecular formula is C14H20N2O3. The van der Waals surface area contributed by atoms with Crippen molar-refractivity contribution >= 4 is 5.91 Å². The molecule has 5 heteroatoms. The van der Waals surface area contributed by atoms with Crippen LogP contribution in [0.2, 0.25) is 0 Å². The summed E-state index contributed by atoms with van der Waals surface area (Å²) < 4.78 is 10.5. The van der Waals surface area contributed by atoms with Crippen LogP contribution in [0.15, 0.2) is 18.2 Å². The molecule has 0 aromatic heterocycles. The third-order valence-corrected chi connectivity index (χ3v) is 3.41. The predicted molar refractivity (Wildman–Crippen MR) is 72.1 cm³/mol. The molecule has 1 amide bonds. The molecule has 1 aromatic carbocycles. The lowest BCUT2D eigenvalue weighted by Crippen LogP contribution is -2.25. The average Bonchev–Trinajstić information content (AvgIpc) is 2.79. The van der Waals surface area contributed by atoms with Crippen LogP contribution in [0.1, 0.15) is 12.0 Å². The van der Waals surface area contributed by atoms with Crippen LogP contribution in [-0.4, -0.2) is 38.1 Å². The molecule has 1 fully saturated rings. The van der Waals surface area contributed by atoms with Crippen LogP contribution >= 0.6 is 0 Å². The van der Waals surface area contributed by atoms with Gasteiger partial charge in [0.05, 0.1) is 14.2 Å². The summed E-state index contributed by atoms with van der Waals surface area (Å²) in [5.74, 6) is 1.91. The summed E-state index contributed by atoms with van der Waals surface area (Å²) in [6.45, 7) is 1.86. The first kappa shape index (κ1) is 13.7. The zero-order valence-corrected chi connectivity index (χ0v) is 11.4. The second kappa shape index (κ2) is 5.93. The molecule has 0 saturated carbocycles. The molecule has 1 aromatic rings. The molecule has 0 aliphatic carbocycles. The lowest BCUT2D eigenvalue weighted by molar-refractivity contribution is -0.128. The van der Waals surface area contributed by atoms with Crippen LogP contribution in [0.5, 0.6) is 11.5 Å². The Morgan fingerprint density at radius 1 is 1.26 bits per heavy atom. The van der Waals surface area contributed by atoms with E-state index in [0.717, 1.165) is 23.6 Å². The predicted octanol–water partition coefficient (Wildman–Crippen LogP) is 1.01. The van der Waals surface area contributed by atoms with Crippen molar-refractivity contribution in [3.05, 3.63) is 23.8 Å². The van der Waals surface area contributed by atoms with Crippen molar-refractivity contribution in [1.29, 1.82) is 0 Å². The summed E-state index contributed by atoms with van der Waals surface area (Å²) in [4.78, 5) is 13.7. The molecule has 104 valence electrons. The second-order valence-electron chi connectivity index (χ2n) is 4.80. The van der Waals surface area contributed by atoms with Gasteiger partial charge in [-0.15, -0.1) is 0 Å². The number of methoxy groups -OCH3 is 2. The van der Waals surface area contributed by atoms with E-state index in [-0.39, 0.29) is 11.8 Å². The van der Waals surface area contributed by atoms with Gasteiger partial charge in [0.25, 0.3) is 0 Å². The molecule has 1 aliphatic rings. The molecular weight excluding hydrogens is 244 g/mol. The first-order valence-electron chi connectivity index (χ1n) is 6.36. The Morgan fingerprint density at radius 2 is 1.89 bits per heavy atom. The van der Waals surface area contributed by atoms with Crippen LogP contribution in [-0.2, 0) is 11.3 Å². The monoisotopic (exact) mass is 264 g/mol. The van der Waals surface area contributed by atoms with Crippen LogP contribution < -0.4 is 15.2 Å². The minimum atomic E-state index is 0.164. The van der Waals surface area contributed by atoms with Gasteiger partial charge in [-0.05, 0) is 30.2 Å². The normalized spacial score (nSPS) is 18.8. The average molecular weight is 264 g/mol. The summed E-state index contributed by atoms with van der Waals surface area (Å²) in [5, 5.41) is 0. The summed E-state index contributed by atoms with van der Waals surface area (Å²) in [7, 11) is 3.23. The molecule has 2 rings (SSSR count). The van der Waals surface area contributed by atoms with Crippen LogP contribution in [0.3, 0.4) is 0 Å². The number of nitrogens with two attached hydrogens (primary N) is 1. The minimum Gasteiger partial charge on any atom is -0.497 e. The molecule has 1 unspecified atom stereocenters. The van der Waals surface area contributed by atoms with Crippen LogP contribution in [0.4, 0.5) is 0 Å². The van der Waals surface area contributed by atoms with Crippen molar-refractivity contribution < 1.29 is 14.3 Å². The van der Waals surface area contributed by atoms with Gasteiger partial charge < -0.3 is 20.1 Å². The zero-order valence-electron chi connectivity index (χ0n) is 11.4. The Hall–Kier alpha value is -1.75. The number of benzene rings is 1. The van der Waals surface area contributed by atoms with Crippen LogP contribution in [0.25, 0.3) is 0 Å². The maximum absolute atomic E-state index is 11.9. The Kier molecular flexibility index (Phi) is 4.27. The topological polar surface area (TPSA) is 64.8 Å². The maximum atomic E-state index is 11.9. The van der Waals surface area contributed by atoms with Gasteiger partial charge >= 0.3 is 0 Å². The molecule has 0 radical (unpaired) electrons. The van der Waals surface area contributed by atoms with Crippen molar-refractivity contribution in [1.82, 2.24) is 4.90 Å². The van der Waals surface area contributed by atoms with Gasteiger partial charge in [-0.1, -0.05) is 0 Å². The maximum Gasteiger partial charge on any atom is 0.223 e. The quantitative estimate of drug-likeness (QED) is 0.862. The van der Waals surface area contributed by atoms with E-state index in [2.05, 4.69) is 0 Å². The minimum absolute atomic E-state index is 0.164. The number of hydrogen-bond donors (Lipinski definition) is 1. The number of nitrogens with zero attached hydrogens (tertiary/aromatic N) is 1. The highest BCUT2D eigenvalue weighted by Crippen LogP contribution is 2.25. The summed E-state index contributed by atoms with van der Waals surface area (Å²) >= 11 is 0. The lowest BCUT2D eigenvalue weighted by Gasteiger charge is -2.17. The third-order valence-electron chi connectivity index (χ3n) is 3.41. The number of ether oxygens (including phenoxy) is 2. The fourth-order valence-corrected chi connectivity index (χ4v) is 2.34. The summed E-state index contributed by atoms with van der Waals surface area (Å²) in [5.41, 5.74) is 6.63. The van der Waals surface area contributed by atoms with Crippen molar-refractivity contribution in [2.45, 2.75) is 13.0 Å². The molecule has 0 spiro atoms. The van der Waals surface area contributed by atoms with Gasteiger partial charge in [0.15, 0.2) is 0 Å². The largest absolute Gasteiger partial charge is 0.497 e. The van der Waals surface area contributed by atoms with E-state index in [1.54, 1.807) is 14.2 Å². The molecule has 2 N–H and O–H groups in total. The van der Waals surface area contributed by atoms with Gasteiger partial charge in [0, 0.05) is 25.6 Å². The highest BCUT2D eigenvalue weighted by atomic mass is 16.5. The Morgan fingerprint density at radius 3 is 2.37 bits per heavy atom. The van der Waals surface area contributed by atoms with Gasteiger partial charge in [-0.3, -0.25) is 4.79 Å². The van der Waals surface area contributed by atoms with E-state index in [1.165, 1.54) is 0 Å². The zero-order chi connectivity index (χ0) is 13.8. The Labute approximate surface area is 113 Å². The highest BCUT2D eigenvalue weighted by molar-refractivity contribution is 5.78. The summed E-state index contributed by atoms with van der Waals surface area (Å²) in [6.07, 6.45) is 0.553. The number of hydrogen-bond acceptors (Lipinski definition) is 4. The van der Waals surface area contributed by atoms with E-state index < -0.39 is 0 Å². The first-order valence-corrected chi connectivity index (χ1v) is 6.36. The van der Waals surface area contributed by atoms with E-state index in [9.17, 15) is 4.79 Å². The third kappa shape index (κ3) is 3.17. The smallest absolute Gasteiger partial charge is 0.223 e. The lowest BCUT2D eigenvalue weighted by atomic mass is 10.1. The number of amides is 1. The highest BCUT2D eigenvalue weighted by Gasteiger charge is 2.28. The molecule has 19 heavy (non-hydrogen) atoms. The summed E-state index contributed by atoms with van der Waals surface area (Å²) in [6, 6.07) is 5.66. The number of carbonyl (C=O) groups excluding carboxylic acids is 1. The van der Waals surface area contributed by atoms with Gasteiger partial charge in [0.1, 0.15) is 11.5 Å². The fraction of sp³-hybridized carbons (Fsp3) is 0.500. The second-order valence-corrected chi connectivity index (χ2v) is 4.80. The number of carbonyl (C=O) groups is 1. The SMILES string of the molecule is COc1cc(CN2CC(CN)CC2=O)cc(OC)c1. The molecule has 5 nitrogen and oxygen atoms in total. The molecule has 1 heterocycles. The number of rotatable bonds is 5. The van der Waals surface area contributed by atoms with Crippen molar-refractivity contribution in [2.24, 2.45) is 11.7 Å². The van der Waals surface area contributed by atoms with Crippen molar-refractivity contribution in [2.75, 3.05) is 27.3 Å². The van der Waals surface area contributed by atoms with Gasteiger partial charge in [-0.2, -0.15) is 0 Å². The Balaban J connectivity index is 2.12. The number of likely N-dealkylation sites (tertiary alicyclic amines) is 1.